The highest BCUT2D eigenvalue weighted by Gasteiger charge is 2.07. The number of ether oxygens (including phenoxy) is 1. The third-order valence-corrected chi connectivity index (χ3v) is 3.64. The summed E-state index contributed by atoms with van der Waals surface area (Å²) < 4.78 is 8.11. The van der Waals surface area contributed by atoms with Gasteiger partial charge in [-0.15, -0.1) is 0 Å². The standard InChI is InChI=1S/C12H18BrNO2/c1-4-16-11(15)6-5-7-14-8-9(2)10(3)12(14)13/h8H,4-7H2,1-3H3. The molecule has 0 unspecified atom stereocenters. The Morgan fingerprint density at radius 3 is 2.69 bits per heavy atom. The summed E-state index contributed by atoms with van der Waals surface area (Å²) in [5, 5.41) is 0. The van der Waals surface area contributed by atoms with Crippen LogP contribution in [0.1, 0.15) is 30.9 Å². The van der Waals surface area contributed by atoms with E-state index in [1.165, 1.54) is 11.1 Å². The molecule has 4 heteroatoms. The van der Waals surface area contributed by atoms with Crippen LogP contribution in [0.4, 0.5) is 0 Å². The Morgan fingerprint density at radius 2 is 2.19 bits per heavy atom. The molecule has 0 aliphatic carbocycles. The van der Waals surface area contributed by atoms with Crippen LogP contribution in [0.5, 0.6) is 0 Å². The normalized spacial score (nSPS) is 10.5. The van der Waals surface area contributed by atoms with Gasteiger partial charge in [0.05, 0.1) is 11.2 Å². The van der Waals surface area contributed by atoms with E-state index in [1.54, 1.807) is 0 Å². The third kappa shape index (κ3) is 3.37. The zero-order chi connectivity index (χ0) is 12.1. The predicted molar refractivity (Wildman–Crippen MR) is 67.5 cm³/mol. The zero-order valence-corrected chi connectivity index (χ0v) is 11.6. The molecule has 0 spiro atoms. The predicted octanol–water partition coefficient (Wildman–Crippen LogP) is 3.21. The molecule has 16 heavy (non-hydrogen) atoms. The van der Waals surface area contributed by atoms with Crippen molar-refractivity contribution >= 4 is 21.9 Å². The van der Waals surface area contributed by atoms with Gasteiger partial charge in [0, 0.05) is 19.2 Å². The number of hydrogen-bond donors (Lipinski definition) is 0. The molecule has 0 radical (unpaired) electrons. The summed E-state index contributed by atoms with van der Waals surface area (Å²) in [6.07, 6.45) is 3.39. The summed E-state index contributed by atoms with van der Waals surface area (Å²) in [4.78, 5) is 11.1. The first kappa shape index (κ1) is 13.3. The minimum atomic E-state index is -0.112. The highest BCUT2D eigenvalue weighted by atomic mass is 79.9. The molecule has 1 aromatic rings. The van der Waals surface area contributed by atoms with Crippen LogP contribution in [-0.4, -0.2) is 17.1 Å². The van der Waals surface area contributed by atoms with Crippen molar-refractivity contribution in [2.45, 2.75) is 40.2 Å². The first-order valence-electron chi connectivity index (χ1n) is 5.53. The lowest BCUT2D eigenvalue weighted by molar-refractivity contribution is -0.143. The summed E-state index contributed by atoms with van der Waals surface area (Å²) in [6.45, 7) is 7.30. The number of rotatable bonds is 5. The summed E-state index contributed by atoms with van der Waals surface area (Å²) in [7, 11) is 0. The first-order chi connectivity index (χ1) is 7.56. The molecule has 0 aromatic carbocycles. The molecule has 0 N–H and O–H groups in total. The lowest BCUT2D eigenvalue weighted by atomic mass is 10.2. The topological polar surface area (TPSA) is 31.2 Å². The van der Waals surface area contributed by atoms with E-state index < -0.39 is 0 Å². The second-order valence-electron chi connectivity index (χ2n) is 3.83. The summed E-state index contributed by atoms with van der Waals surface area (Å²) in [6, 6.07) is 0. The van der Waals surface area contributed by atoms with Gasteiger partial charge in [-0.3, -0.25) is 4.79 Å². The molecule has 0 aliphatic heterocycles. The molecule has 1 heterocycles. The lowest BCUT2D eigenvalue weighted by Crippen LogP contribution is -2.06. The van der Waals surface area contributed by atoms with Crippen LogP contribution in [0.25, 0.3) is 0 Å². The van der Waals surface area contributed by atoms with Gasteiger partial charge in [0.15, 0.2) is 0 Å². The van der Waals surface area contributed by atoms with Crippen molar-refractivity contribution < 1.29 is 9.53 Å². The van der Waals surface area contributed by atoms with Gasteiger partial charge in [-0.05, 0) is 54.2 Å². The Morgan fingerprint density at radius 1 is 1.50 bits per heavy atom. The molecule has 0 bridgehead atoms. The number of esters is 1. The largest absolute Gasteiger partial charge is 0.466 e. The van der Waals surface area contributed by atoms with Crippen LogP contribution in [0, 0.1) is 13.8 Å². The third-order valence-electron chi connectivity index (χ3n) is 2.59. The number of nitrogens with zero attached hydrogens (tertiary/aromatic N) is 1. The van der Waals surface area contributed by atoms with E-state index in [0.717, 1.165) is 17.6 Å². The van der Waals surface area contributed by atoms with Crippen molar-refractivity contribution in [2.75, 3.05) is 6.61 Å². The maximum absolute atomic E-state index is 11.1. The molecular weight excluding hydrogens is 270 g/mol. The first-order valence-corrected chi connectivity index (χ1v) is 6.33. The van der Waals surface area contributed by atoms with Gasteiger partial charge in [-0.1, -0.05) is 0 Å². The Bertz CT molecular complexity index is 371. The van der Waals surface area contributed by atoms with E-state index in [4.69, 9.17) is 4.74 Å². The van der Waals surface area contributed by atoms with Gasteiger partial charge in [-0.25, -0.2) is 0 Å². The number of carbonyl (C=O) groups is 1. The zero-order valence-electron chi connectivity index (χ0n) is 10.0. The monoisotopic (exact) mass is 287 g/mol. The number of halogens is 1. The highest BCUT2D eigenvalue weighted by Crippen LogP contribution is 2.22. The fourth-order valence-electron chi connectivity index (χ4n) is 1.55. The second kappa shape index (κ2) is 6.09. The molecule has 0 saturated heterocycles. The fourth-order valence-corrected chi connectivity index (χ4v) is 2.15. The molecule has 0 fully saturated rings. The Balaban J connectivity index is 2.43. The van der Waals surface area contributed by atoms with Gasteiger partial charge >= 0.3 is 5.97 Å². The molecule has 3 nitrogen and oxygen atoms in total. The maximum atomic E-state index is 11.1. The van der Waals surface area contributed by atoms with Crippen LogP contribution in [0.2, 0.25) is 0 Å². The van der Waals surface area contributed by atoms with Crippen LogP contribution in [0.15, 0.2) is 10.8 Å². The summed E-state index contributed by atoms with van der Waals surface area (Å²) in [5.41, 5.74) is 2.53. The van der Waals surface area contributed by atoms with E-state index in [-0.39, 0.29) is 5.97 Å². The SMILES string of the molecule is CCOC(=O)CCCn1cc(C)c(C)c1Br. The van der Waals surface area contributed by atoms with E-state index in [0.29, 0.717) is 13.0 Å². The van der Waals surface area contributed by atoms with Crippen molar-refractivity contribution in [1.82, 2.24) is 4.57 Å². The van der Waals surface area contributed by atoms with Crippen LogP contribution >= 0.6 is 15.9 Å². The molecule has 0 amide bonds. The minimum Gasteiger partial charge on any atom is -0.466 e. The Kier molecular flexibility index (Phi) is 5.06. The molecule has 1 aromatic heterocycles. The minimum absolute atomic E-state index is 0.112. The van der Waals surface area contributed by atoms with Gasteiger partial charge < -0.3 is 9.30 Å². The molecule has 0 aliphatic rings. The number of carbonyl (C=O) groups excluding carboxylic acids is 1. The smallest absolute Gasteiger partial charge is 0.305 e. The molecular formula is C12H18BrNO2. The van der Waals surface area contributed by atoms with Crippen LogP contribution in [0.3, 0.4) is 0 Å². The van der Waals surface area contributed by atoms with E-state index >= 15 is 0 Å². The van der Waals surface area contributed by atoms with Crippen molar-refractivity contribution in [3.8, 4) is 0 Å². The molecule has 90 valence electrons. The Hall–Kier alpha value is -0.770. The molecule has 1 rings (SSSR count). The summed E-state index contributed by atoms with van der Waals surface area (Å²) >= 11 is 3.55. The van der Waals surface area contributed by atoms with Gasteiger partial charge in [-0.2, -0.15) is 0 Å². The quantitative estimate of drug-likeness (QED) is 0.779. The summed E-state index contributed by atoms with van der Waals surface area (Å²) in [5.74, 6) is -0.112. The van der Waals surface area contributed by atoms with Crippen molar-refractivity contribution in [3.05, 3.63) is 21.9 Å². The maximum Gasteiger partial charge on any atom is 0.305 e. The van der Waals surface area contributed by atoms with Gasteiger partial charge in [0.2, 0.25) is 0 Å². The van der Waals surface area contributed by atoms with E-state index in [1.807, 2.05) is 6.92 Å². The van der Waals surface area contributed by atoms with Gasteiger partial charge in [0.1, 0.15) is 0 Å². The van der Waals surface area contributed by atoms with Gasteiger partial charge in [0.25, 0.3) is 0 Å². The van der Waals surface area contributed by atoms with Crippen LogP contribution in [-0.2, 0) is 16.1 Å². The van der Waals surface area contributed by atoms with Crippen LogP contribution < -0.4 is 0 Å². The lowest BCUT2D eigenvalue weighted by Gasteiger charge is -2.05. The van der Waals surface area contributed by atoms with Crippen molar-refractivity contribution in [1.29, 1.82) is 0 Å². The number of hydrogen-bond acceptors (Lipinski definition) is 2. The molecule has 0 saturated carbocycles. The second-order valence-corrected chi connectivity index (χ2v) is 4.58. The fraction of sp³-hybridized carbons (Fsp3) is 0.583. The van der Waals surface area contributed by atoms with E-state index in [9.17, 15) is 4.79 Å². The molecule has 0 atom stereocenters. The average molecular weight is 288 g/mol. The number of aryl methyl sites for hydroxylation is 2. The van der Waals surface area contributed by atoms with Crippen molar-refractivity contribution in [3.63, 3.8) is 0 Å². The number of aromatic nitrogens is 1. The van der Waals surface area contributed by atoms with E-state index in [2.05, 4.69) is 40.5 Å². The average Bonchev–Trinajstić information content (AvgIpc) is 2.47. The van der Waals surface area contributed by atoms with Crippen molar-refractivity contribution in [2.24, 2.45) is 0 Å². The highest BCUT2D eigenvalue weighted by molar-refractivity contribution is 9.10. The Labute approximate surface area is 105 Å².